The molecule has 1 saturated heterocycles. The highest BCUT2D eigenvalue weighted by Gasteiger charge is 2.29. The molecule has 2 aromatic carbocycles. The monoisotopic (exact) mass is 432 g/mol. The van der Waals surface area contributed by atoms with Crippen LogP contribution in [0.15, 0.2) is 76.8 Å². The highest BCUT2D eigenvalue weighted by atomic mass is 32.2. The van der Waals surface area contributed by atoms with Crippen LogP contribution in [0.25, 0.3) is 0 Å². The molecular weight excluding hydrogens is 404 g/mol. The molecule has 1 amide bonds. The molecule has 2 heterocycles. The average molecular weight is 433 g/mol. The molecule has 0 spiro atoms. The van der Waals surface area contributed by atoms with Gasteiger partial charge in [0.2, 0.25) is 0 Å². The Balaban J connectivity index is 1.44. The Hall–Kier alpha value is -2.63. The molecule has 3 aromatic rings. The van der Waals surface area contributed by atoms with E-state index in [-0.39, 0.29) is 11.8 Å². The molecule has 1 N–H and O–H groups in total. The molecule has 1 unspecified atom stereocenters. The fraction of sp³-hybridized carbons (Fsp3) is 0.308. The van der Waals surface area contributed by atoms with Gasteiger partial charge in [0, 0.05) is 24.2 Å². The fourth-order valence-electron chi connectivity index (χ4n) is 4.03. The number of aliphatic hydroxyl groups is 1. The number of aromatic nitrogens is 1. The van der Waals surface area contributed by atoms with Crippen molar-refractivity contribution < 1.29 is 9.90 Å². The van der Waals surface area contributed by atoms with Crippen LogP contribution >= 0.6 is 11.8 Å². The number of rotatable bonds is 5. The van der Waals surface area contributed by atoms with Gasteiger partial charge in [0.05, 0.1) is 11.7 Å². The Morgan fingerprint density at radius 2 is 1.77 bits per heavy atom. The summed E-state index contributed by atoms with van der Waals surface area (Å²) in [6, 6.07) is 19.8. The van der Waals surface area contributed by atoms with Crippen LogP contribution in [0.4, 0.5) is 0 Å². The van der Waals surface area contributed by atoms with Crippen molar-refractivity contribution in [3.8, 4) is 0 Å². The van der Waals surface area contributed by atoms with Crippen LogP contribution < -0.4 is 0 Å². The molecule has 4 nitrogen and oxygen atoms in total. The summed E-state index contributed by atoms with van der Waals surface area (Å²) in [4.78, 5) is 20.8. The molecule has 0 aliphatic carbocycles. The Labute approximate surface area is 188 Å². The lowest BCUT2D eigenvalue weighted by Crippen LogP contribution is -2.40. The van der Waals surface area contributed by atoms with E-state index < -0.39 is 6.10 Å². The highest BCUT2D eigenvalue weighted by molar-refractivity contribution is 7.99. The number of carbonyl (C=O) groups excluding carboxylic acids is 1. The second-order valence-corrected chi connectivity index (χ2v) is 9.25. The summed E-state index contributed by atoms with van der Waals surface area (Å²) in [7, 11) is 0. The molecule has 1 aliphatic heterocycles. The van der Waals surface area contributed by atoms with Crippen molar-refractivity contribution in [2.75, 3.05) is 13.1 Å². The van der Waals surface area contributed by atoms with E-state index in [9.17, 15) is 9.90 Å². The Morgan fingerprint density at radius 3 is 2.48 bits per heavy atom. The van der Waals surface area contributed by atoms with Gasteiger partial charge < -0.3 is 10.0 Å². The molecule has 0 bridgehead atoms. The predicted molar refractivity (Wildman–Crippen MR) is 124 cm³/mol. The zero-order valence-corrected chi connectivity index (χ0v) is 18.8. The van der Waals surface area contributed by atoms with E-state index in [4.69, 9.17) is 0 Å². The maximum atomic E-state index is 13.3. The standard InChI is InChI=1S/C26H28N2O2S/c1-18-10-11-22(17-19(18)2)31-25-23(9-6-14-27-25)26(30)28-15-12-21(13-16-28)24(29)20-7-4-3-5-8-20/h3-11,14,17,21,24,29H,12-13,15-16H2,1-2H3. The third-order valence-corrected chi connectivity index (χ3v) is 7.12. The van der Waals surface area contributed by atoms with Crippen molar-refractivity contribution in [3.05, 3.63) is 89.1 Å². The normalized spacial score (nSPS) is 15.6. The van der Waals surface area contributed by atoms with Gasteiger partial charge in [0.1, 0.15) is 5.03 Å². The van der Waals surface area contributed by atoms with Gasteiger partial charge in [-0.15, -0.1) is 0 Å². The lowest BCUT2D eigenvalue weighted by atomic mass is 9.87. The minimum absolute atomic E-state index is 0.0204. The van der Waals surface area contributed by atoms with Crippen LogP contribution in [-0.4, -0.2) is 34.0 Å². The van der Waals surface area contributed by atoms with Gasteiger partial charge >= 0.3 is 0 Å². The lowest BCUT2D eigenvalue weighted by molar-refractivity contribution is 0.0459. The molecule has 1 atom stereocenters. The molecule has 0 saturated carbocycles. The van der Waals surface area contributed by atoms with Crippen LogP contribution in [0.3, 0.4) is 0 Å². The van der Waals surface area contributed by atoms with Gasteiger partial charge in [0.15, 0.2) is 0 Å². The van der Waals surface area contributed by atoms with Crippen molar-refractivity contribution in [3.63, 3.8) is 0 Å². The Morgan fingerprint density at radius 1 is 1.03 bits per heavy atom. The first kappa shape index (κ1) is 21.6. The number of carbonyl (C=O) groups is 1. The van der Waals surface area contributed by atoms with E-state index in [0.717, 1.165) is 28.3 Å². The molecule has 4 rings (SSSR count). The predicted octanol–water partition coefficient (Wildman–Crippen LogP) is 5.44. The molecule has 1 aromatic heterocycles. The van der Waals surface area contributed by atoms with Gasteiger partial charge in [-0.25, -0.2) is 4.98 Å². The van der Waals surface area contributed by atoms with Gasteiger partial charge in [-0.05, 0) is 73.6 Å². The summed E-state index contributed by atoms with van der Waals surface area (Å²) in [5.41, 5.74) is 4.08. The largest absolute Gasteiger partial charge is 0.388 e. The molecule has 0 radical (unpaired) electrons. The topological polar surface area (TPSA) is 53.4 Å². The van der Waals surface area contributed by atoms with Gasteiger partial charge in [-0.1, -0.05) is 48.2 Å². The second kappa shape index (κ2) is 9.67. The Kier molecular flexibility index (Phi) is 6.73. The first-order valence-corrected chi connectivity index (χ1v) is 11.6. The number of amides is 1. The zero-order valence-electron chi connectivity index (χ0n) is 18.0. The third-order valence-electron chi connectivity index (χ3n) is 6.11. The second-order valence-electron chi connectivity index (χ2n) is 8.19. The van der Waals surface area contributed by atoms with Crippen LogP contribution in [0.5, 0.6) is 0 Å². The maximum Gasteiger partial charge on any atom is 0.256 e. The molecule has 160 valence electrons. The number of nitrogens with zero attached hydrogens (tertiary/aromatic N) is 2. The smallest absolute Gasteiger partial charge is 0.256 e. The minimum Gasteiger partial charge on any atom is -0.388 e. The van der Waals surface area contributed by atoms with Crippen molar-refractivity contribution in [1.82, 2.24) is 9.88 Å². The first-order valence-electron chi connectivity index (χ1n) is 10.8. The van der Waals surface area contributed by atoms with Crippen molar-refractivity contribution in [1.29, 1.82) is 0 Å². The van der Waals surface area contributed by atoms with E-state index >= 15 is 0 Å². The van der Waals surface area contributed by atoms with Crippen molar-refractivity contribution in [2.24, 2.45) is 5.92 Å². The molecule has 31 heavy (non-hydrogen) atoms. The number of aliphatic hydroxyl groups excluding tert-OH is 1. The minimum atomic E-state index is -0.479. The number of pyridine rings is 1. The number of likely N-dealkylation sites (tertiary alicyclic amines) is 1. The summed E-state index contributed by atoms with van der Waals surface area (Å²) in [6.07, 6.45) is 2.85. The number of piperidine rings is 1. The van der Waals surface area contributed by atoms with Gasteiger partial charge in [0.25, 0.3) is 5.91 Å². The molecule has 1 aliphatic rings. The SMILES string of the molecule is Cc1ccc(Sc2ncccc2C(=O)N2CCC(C(O)c3ccccc3)CC2)cc1C. The lowest BCUT2D eigenvalue weighted by Gasteiger charge is -2.34. The van der Waals surface area contributed by atoms with E-state index in [2.05, 4.69) is 37.0 Å². The van der Waals surface area contributed by atoms with Crippen LogP contribution in [0, 0.1) is 19.8 Å². The number of benzene rings is 2. The number of hydrogen-bond acceptors (Lipinski definition) is 4. The van der Waals surface area contributed by atoms with Crippen LogP contribution in [0.2, 0.25) is 0 Å². The van der Waals surface area contributed by atoms with E-state index in [1.54, 1.807) is 6.20 Å². The van der Waals surface area contributed by atoms with Crippen LogP contribution in [0.1, 0.15) is 46.0 Å². The number of aryl methyl sites for hydroxylation is 2. The molecular formula is C26H28N2O2S. The quantitative estimate of drug-likeness (QED) is 0.584. The molecule has 5 heteroatoms. The van der Waals surface area contributed by atoms with Gasteiger partial charge in [-0.2, -0.15) is 0 Å². The van der Waals surface area contributed by atoms with Crippen molar-refractivity contribution >= 4 is 17.7 Å². The van der Waals surface area contributed by atoms with E-state index in [1.165, 1.54) is 22.9 Å². The van der Waals surface area contributed by atoms with Crippen molar-refractivity contribution in [2.45, 2.75) is 42.7 Å². The summed E-state index contributed by atoms with van der Waals surface area (Å²) in [6.45, 7) is 5.49. The van der Waals surface area contributed by atoms with Gasteiger partial charge in [-0.3, -0.25) is 4.79 Å². The van der Waals surface area contributed by atoms with Crippen LogP contribution in [-0.2, 0) is 0 Å². The summed E-state index contributed by atoms with van der Waals surface area (Å²) in [5.74, 6) is 0.191. The summed E-state index contributed by atoms with van der Waals surface area (Å²) < 4.78 is 0. The summed E-state index contributed by atoms with van der Waals surface area (Å²) in [5, 5.41) is 11.5. The fourth-order valence-corrected chi connectivity index (χ4v) is 5.01. The Bertz CT molecular complexity index is 1050. The third kappa shape index (κ3) is 5.00. The maximum absolute atomic E-state index is 13.3. The van der Waals surface area contributed by atoms with E-state index in [1.807, 2.05) is 47.4 Å². The highest BCUT2D eigenvalue weighted by Crippen LogP contribution is 2.33. The first-order chi connectivity index (χ1) is 15.0. The number of hydrogen-bond donors (Lipinski definition) is 1. The zero-order chi connectivity index (χ0) is 21.8. The molecule has 1 fully saturated rings. The van der Waals surface area contributed by atoms with E-state index in [0.29, 0.717) is 18.7 Å². The average Bonchev–Trinajstić information content (AvgIpc) is 2.81. The summed E-state index contributed by atoms with van der Waals surface area (Å²) >= 11 is 1.53.